The first-order valence-electron chi connectivity index (χ1n) is 7.10. The predicted octanol–water partition coefficient (Wildman–Crippen LogP) is 1.37. The van der Waals surface area contributed by atoms with Crippen LogP contribution in [0.1, 0.15) is 6.92 Å². The molecule has 0 saturated carbocycles. The number of likely N-dealkylation sites (N-methyl/N-ethyl adjacent to an activating group) is 1. The molecule has 1 aromatic carbocycles. The van der Waals surface area contributed by atoms with Crippen LogP contribution in [-0.2, 0) is 6.54 Å². The molecule has 1 aromatic heterocycles. The van der Waals surface area contributed by atoms with E-state index in [1.54, 1.807) is 0 Å². The Balaban J connectivity index is 2.11. The van der Waals surface area contributed by atoms with Gasteiger partial charge in [-0.15, -0.1) is 0 Å². The fourth-order valence-electron chi connectivity index (χ4n) is 2.38. The summed E-state index contributed by atoms with van der Waals surface area (Å²) in [5.41, 5.74) is 1.79. The van der Waals surface area contributed by atoms with E-state index in [0.29, 0.717) is 18.9 Å². The molecule has 0 amide bonds. The number of aliphatic hydroxyl groups excluding tert-OH is 1. The van der Waals surface area contributed by atoms with Gasteiger partial charge in [-0.1, -0.05) is 47.6 Å². The first-order valence-corrected chi connectivity index (χ1v) is 7.10. The lowest BCUT2D eigenvalue weighted by Gasteiger charge is -2.20. The maximum absolute atomic E-state index is 11.8. The van der Waals surface area contributed by atoms with Crippen molar-refractivity contribution in [2.45, 2.75) is 19.6 Å². The zero-order valence-corrected chi connectivity index (χ0v) is 12.9. The molecular weight excluding hydrogens is 282 g/mol. The molecule has 2 aromatic rings. The highest BCUT2D eigenvalue weighted by atomic mass is 16.5. The highest BCUT2D eigenvalue weighted by Crippen LogP contribution is 2.15. The normalized spacial score (nSPS) is 12.5. The Kier molecular flexibility index (Phi) is 5.30. The van der Waals surface area contributed by atoms with Gasteiger partial charge in [0, 0.05) is 18.7 Å². The number of nitrogens with zero attached hydrogens (tertiary/aromatic N) is 3. The zero-order chi connectivity index (χ0) is 16.1. The first-order chi connectivity index (χ1) is 10.5. The van der Waals surface area contributed by atoms with Crippen LogP contribution in [0.3, 0.4) is 0 Å². The third kappa shape index (κ3) is 4.16. The zero-order valence-electron chi connectivity index (χ0n) is 12.9. The van der Waals surface area contributed by atoms with Crippen molar-refractivity contribution < 1.29 is 9.63 Å². The molecular formula is C16H21N3O3. The van der Waals surface area contributed by atoms with Crippen LogP contribution in [0.5, 0.6) is 0 Å². The molecule has 118 valence electrons. The third-order valence-electron chi connectivity index (χ3n) is 3.17. The topological polar surface area (TPSA) is 71.5 Å². The number of aromatic nitrogens is 2. The van der Waals surface area contributed by atoms with E-state index in [1.165, 1.54) is 4.57 Å². The Morgan fingerprint density at radius 3 is 2.77 bits per heavy atom. The lowest BCUT2D eigenvalue weighted by atomic mass is 10.2. The van der Waals surface area contributed by atoms with Crippen molar-refractivity contribution >= 4 is 0 Å². The molecule has 0 spiro atoms. The third-order valence-corrected chi connectivity index (χ3v) is 3.17. The maximum atomic E-state index is 11.8. The van der Waals surface area contributed by atoms with Crippen molar-refractivity contribution in [3.05, 3.63) is 53.0 Å². The summed E-state index contributed by atoms with van der Waals surface area (Å²) in [6.07, 6.45) is -0.705. The van der Waals surface area contributed by atoms with Crippen LogP contribution >= 0.6 is 0 Å². The molecule has 0 fully saturated rings. The van der Waals surface area contributed by atoms with Crippen LogP contribution in [0.2, 0.25) is 0 Å². The van der Waals surface area contributed by atoms with Crippen LogP contribution in [-0.4, -0.2) is 46.0 Å². The van der Waals surface area contributed by atoms with Gasteiger partial charge >= 0.3 is 5.76 Å². The molecule has 22 heavy (non-hydrogen) atoms. The van der Waals surface area contributed by atoms with Gasteiger partial charge in [-0.25, -0.2) is 4.79 Å². The maximum Gasteiger partial charge on any atom is 0.441 e. The summed E-state index contributed by atoms with van der Waals surface area (Å²) in [5, 5.41) is 14.0. The average molecular weight is 303 g/mol. The number of hydrogen-bond donors (Lipinski definition) is 1. The highest BCUT2D eigenvalue weighted by molar-refractivity contribution is 5.54. The molecule has 2 rings (SSSR count). The van der Waals surface area contributed by atoms with Gasteiger partial charge in [-0.2, -0.15) is 0 Å². The standard InChI is InChI=1S/C16H21N3O3/c1-12(2)9-18(3)10-14(20)11-19-15(17-22-16(19)21)13-7-5-4-6-8-13/h4-8,14,20H,1,9-11H2,2-3H3. The fraction of sp³-hybridized carbons (Fsp3) is 0.375. The van der Waals surface area contributed by atoms with Gasteiger partial charge < -0.3 is 5.11 Å². The molecule has 6 heteroatoms. The fourth-order valence-corrected chi connectivity index (χ4v) is 2.38. The monoisotopic (exact) mass is 303 g/mol. The Bertz CT molecular complexity index is 675. The van der Waals surface area contributed by atoms with Crippen molar-refractivity contribution in [1.82, 2.24) is 14.6 Å². The summed E-state index contributed by atoms with van der Waals surface area (Å²) in [4.78, 5) is 13.8. The van der Waals surface area contributed by atoms with Gasteiger partial charge in [0.2, 0.25) is 0 Å². The van der Waals surface area contributed by atoms with Crippen LogP contribution in [0.15, 0.2) is 51.8 Å². The molecule has 0 radical (unpaired) electrons. The van der Waals surface area contributed by atoms with E-state index in [2.05, 4.69) is 11.7 Å². The molecule has 1 heterocycles. The van der Waals surface area contributed by atoms with Gasteiger partial charge in [0.25, 0.3) is 0 Å². The second-order valence-electron chi connectivity index (χ2n) is 5.56. The summed E-state index contributed by atoms with van der Waals surface area (Å²) >= 11 is 0. The van der Waals surface area contributed by atoms with E-state index < -0.39 is 11.9 Å². The van der Waals surface area contributed by atoms with Gasteiger partial charge in [0.05, 0.1) is 12.6 Å². The lowest BCUT2D eigenvalue weighted by Crippen LogP contribution is -2.35. The Hall–Kier alpha value is -2.18. The molecule has 1 unspecified atom stereocenters. The van der Waals surface area contributed by atoms with Gasteiger partial charge in [-0.3, -0.25) is 14.0 Å². The summed E-state index contributed by atoms with van der Waals surface area (Å²) < 4.78 is 6.09. The highest BCUT2D eigenvalue weighted by Gasteiger charge is 2.17. The largest absolute Gasteiger partial charge is 0.441 e. The van der Waals surface area contributed by atoms with Crippen LogP contribution < -0.4 is 5.76 Å². The van der Waals surface area contributed by atoms with Crippen LogP contribution in [0.4, 0.5) is 0 Å². The SMILES string of the molecule is C=C(C)CN(C)CC(O)Cn1c(-c2ccccc2)noc1=O. The smallest absolute Gasteiger partial charge is 0.390 e. The van der Waals surface area contributed by atoms with Crippen LogP contribution in [0, 0.1) is 0 Å². The van der Waals surface area contributed by atoms with E-state index in [-0.39, 0.29) is 6.54 Å². The molecule has 0 aliphatic heterocycles. The Labute approximate surface area is 129 Å². The summed E-state index contributed by atoms with van der Waals surface area (Å²) in [7, 11) is 1.90. The van der Waals surface area contributed by atoms with Crippen molar-refractivity contribution in [1.29, 1.82) is 0 Å². The van der Waals surface area contributed by atoms with Crippen molar-refractivity contribution in [3.63, 3.8) is 0 Å². The molecule has 0 aliphatic carbocycles. The average Bonchev–Trinajstić information content (AvgIpc) is 2.80. The number of benzene rings is 1. The molecule has 0 saturated heterocycles. The quantitative estimate of drug-likeness (QED) is 0.782. The van der Waals surface area contributed by atoms with E-state index in [1.807, 2.05) is 49.2 Å². The second kappa shape index (κ2) is 7.20. The summed E-state index contributed by atoms with van der Waals surface area (Å²) in [5.74, 6) is -0.146. The van der Waals surface area contributed by atoms with Gasteiger partial charge in [0.15, 0.2) is 5.82 Å². The molecule has 6 nitrogen and oxygen atoms in total. The minimum atomic E-state index is -0.705. The molecule has 0 bridgehead atoms. The van der Waals surface area contributed by atoms with Crippen molar-refractivity contribution in [2.24, 2.45) is 0 Å². The van der Waals surface area contributed by atoms with E-state index in [0.717, 1.165) is 11.1 Å². The van der Waals surface area contributed by atoms with Crippen LogP contribution in [0.25, 0.3) is 11.4 Å². The molecule has 1 N–H and O–H groups in total. The summed E-state index contributed by atoms with van der Waals surface area (Å²) in [6.45, 7) is 7.03. The Morgan fingerprint density at radius 1 is 1.45 bits per heavy atom. The van der Waals surface area contributed by atoms with E-state index >= 15 is 0 Å². The Morgan fingerprint density at radius 2 is 2.14 bits per heavy atom. The summed E-state index contributed by atoms with van der Waals surface area (Å²) in [6, 6.07) is 9.28. The minimum absolute atomic E-state index is 0.132. The van der Waals surface area contributed by atoms with E-state index in [9.17, 15) is 9.90 Å². The molecule has 1 atom stereocenters. The molecule has 0 aliphatic rings. The van der Waals surface area contributed by atoms with Gasteiger partial charge in [-0.05, 0) is 14.0 Å². The van der Waals surface area contributed by atoms with E-state index in [4.69, 9.17) is 4.52 Å². The van der Waals surface area contributed by atoms with Crippen molar-refractivity contribution in [3.8, 4) is 11.4 Å². The second-order valence-corrected chi connectivity index (χ2v) is 5.56. The lowest BCUT2D eigenvalue weighted by molar-refractivity contribution is 0.112. The van der Waals surface area contributed by atoms with Crippen molar-refractivity contribution in [2.75, 3.05) is 20.1 Å². The number of aliphatic hydroxyl groups is 1. The predicted molar refractivity (Wildman–Crippen MR) is 84.5 cm³/mol. The van der Waals surface area contributed by atoms with Gasteiger partial charge in [0.1, 0.15) is 0 Å². The minimum Gasteiger partial charge on any atom is -0.390 e. The number of hydrogen-bond acceptors (Lipinski definition) is 5. The first kappa shape index (κ1) is 16.2. The number of rotatable bonds is 7.